The maximum absolute atomic E-state index is 12.9. The maximum Gasteiger partial charge on any atom is 0.323 e. The van der Waals surface area contributed by atoms with Gasteiger partial charge in [0.2, 0.25) is 8.45 Å². The normalized spacial score (nSPS) is 13.2. The molecule has 0 radical (unpaired) electrons. The molecule has 34 heavy (non-hydrogen) atoms. The number of fused-ring (bicyclic) bond motifs is 1. The van der Waals surface area contributed by atoms with Crippen LogP contribution in [0.2, 0.25) is 0 Å². The number of likely N-dealkylation sites (N-methyl/N-ethyl adjacent to an activating group) is 1. The van der Waals surface area contributed by atoms with E-state index in [9.17, 15) is 4.79 Å². The number of nitrogens with zero attached hydrogens (tertiary/aromatic N) is 2. The maximum atomic E-state index is 12.9. The lowest BCUT2D eigenvalue weighted by Crippen LogP contribution is -2.38. The van der Waals surface area contributed by atoms with Gasteiger partial charge >= 0.3 is 5.97 Å². The van der Waals surface area contributed by atoms with Gasteiger partial charge in [-0.1, -0.05) is 30.3 Å². The summed E-state index contributed by atoms with van der Waals surface area (Å²) >= 11 is 0. The summed E-state index contributed by atoms with van der Waals surface area (Å²) in [6, 6.07) is 15.5. The first-order valence-corrected chi connectivity index (χ1v) is 12.9. The van der Waals surface area contributed by atoms with E-state index in [1.165, 1.54) is 5.56 Å². The van der Waals surface area contributed by atoms with Crippen molar-refractivity contribution in [1.29, 1.82) is 0 Å². The standard InChI is InChI=1S/C26H36N3O4P/c1-6-32-26(30)24(17-20-11-9-8-10-12-20)27-34(33-7-2)29-19-21(15-16-28(3)4)23-18-22(31-5)13-14-25(23)29/h8-14,18-19,24,27H,6-7,15-17H2,1-5H3. The van der Waals surface area contributed by atoms with E-state index in [0.29, 0.717) is 19.6 Å². The Kier molecular flexibility index (Phi) is 9.90. The Hall–Kier alpha value is -2.44. The van der Waals surface area contributed by atoms with Crippen LogP contribution in [-0.4, -0.2) is 62.2 Å². The molecule has 2 atom stereocenters. The van der Waals surface area contributed by atoms with Crippen LogP contribution in [0, 0.1) is 0 Å². The Morgan fingerprint density at radius 2 is 1.88 bits per heavy atom. The zero-order chi connectivity index (χ0) is 24.5. The first kappa shape index (κ1) is 26.2. The molecule has 3 aromatic rings. The highest BCUT2D eigenvalue weighted by Crippen LogP contribution is 2.41. The van der Waals surface area contributed by atoms with Gasteiger partial charge in [0, 0.05) is 18.1 Å². The molecular weight excluding hydrogens is 449 g/mol. The molecule has 1 aromatic heterocycles. The van der Waals surface area contributed by atoms with Crippen LogP contribution < -0.4 is 9.82 Å². The number of benzene rings is 2. The summed E-state index contributed by atoms with van der Waals surface area (Å²) < 4.78 is 19.2. The zero-order valence-electron chi connectivity index (χ0n) is 20.8. The summed E-state index contributed by atoms with van der Waals surface area (Å²) in [5.74, 6) is 0.544. The Labute approximate surface area is 203 Å². The first-order chi connectivity index (χ1) is 16.5. The third kappa shape index (κ3) is 6.80. The number of aromatic nitrogens is 1. The zero-order valence-corrected chi connectivity index (χ0v) is 21.7. The van der Waals surface area contributed by atoms with Crippen LogP contribution in [-0.2, 0) is 26.9 Å². The lowest BCUT2D eigenvalue weighted by Gasteiger charge is -2.25. The molecule has 0 spiro atoms. The van der Waals surface area contributed by atoms with Crippen molar-refractivity contribution in [3.8, 4) is 5.75 Å². The fourth-order valence-electron chi connectivity index (χ4n) is 3.77. The molecule has 1 heterocycles. The molecule has 0 saturated heterocycles. The minimum absolute atomic E-state index is 0.274. The topological polar surface area (TPSA) is 65.0 Å². The number of hydrogen-bond acceptors (Lipinski definition) is 6. The number of esters is 1. The van der Waals surface area contributed by atoms with Gasteiger partial charge in [0.1, 0.15) is 11.8 Å². The fraction of sp³-hybridized carbons (Fsp3) is 0.423. The van der Waals surface area contributed by atoms with E-state index in [2.05, 4.69) is 46.7 Å². The van der Waals surface area contributed by atoms with Crippen molar-refractivity contribution in [3.63, 3.8) is 0 Å². The highest BCUT2D eigenvalue weighted by Gasteiger charge is 2.27. The van der Waals surface area contributed by atoms with Crippen molar-refractivity contribution in [2.24, 2.45) is 0 Å². The molecule has 0 amide bonds. The van der Waals surface area contributed by atoms with Crippen LogP contribution in [0.3, 0.4) is 0 Å². The molecule has 1 N–H and O–H groups in total. The van der Waals surface area contributed by atoms with Gasteiger partial charge in [-0.05, 0) is 70.1 Å². The number of ether oxygens (including phenoxy) is 2. The second-order valence-electron chi connectivity index (χ2n) is 8.25. The van der Waals surface area contributed by atoms with E-state index >= 15 is 0 Å². The van der Waals surface area contributed by atoms with Crippen molar-refractivity contribution < 1.29 is 18.8 Å². The van der Waals surface area contributed by atoms with Crippen molar-refractivity contribution in [2.45, 2.75) is 32.7 Å². The van der Waals surface area contributed by atoms with Crippen LogP contribution in [0.25, 0.3) is 10.9 Å². The van der Waals surface area contributed by atoms with E-state index in [4.69, 9.17) is 14.0 Å². The van der Waals surface area contributed by atoms with Gasteiger partial charge in [0.25, 0.3) is 0 Å². The van der Waals surface area contributed by atoms with E-state index < -0.39 is 14.5 Å². The van der Waals surface area contributed by atoms with Crippen LogP contribution in [0.15, 0.2) is 54.7 Å². The molecular formula is C26H36N3O4P. The fourth-order valence-corrected chi connectivity index (χ4v) is 5.42. The molecule has 0 bridgehead atoms. The molecule has 2 unspecified atom stereocenters. The Morgan fingerprint density at radius 1 is 1.12 bits per heavy atom. The SMILES string of the molecule is CCOC(=O)C(Cc1ccccc1)NP(OCC)n1cc(CCN(C)C)c2cc(OC)ccc21. The van der Waals surface area contributed by atoms with Gasteiger partial charge in [-0.3, -0.25) is 9.13 Å². The quantitative estimate of drug-likeness (QED) is 0.281. The van der Waals surface area contributed by atoms with Gasteiger partial charge in [0.05, 0.1) is 25.8 Å². The molecule has 0 aliphatic carbocycles. The minimum atomic E-state index is -1.34. The molecule has 0 fully saturated rings. The lowest BCUT2D eigenvalue weighted by atomic mass is 10.1. The van der Waals surface area contributed by atoms with E-state index in [1.807, 2.05) is 50.2 Å². The average molecular weight is 486 g/mol. The summed E-state index contributed by atoms with van der Waals surface area (Å²) in [6.07, 6.45) is 3.56. The number of methoxy groups -OCH3 is 1. The highest BCUT2D eigenvalue weighted by molar-refractivity contribution is 7.49. The average Bonchev–Trinajstić information content (AvgIpc) is 3.20. The molecule has 7 nitrogen and oxygen atoms in total. The second kappa shape index (κ2) is 12.9. The Morgan fingerprint density at radius 3 is 2.53 bits per heavy atom. The van der Waals surface area contributed by atoms with Crippen LogP contribution >= 0.6 is 8.45 Å². The largest absolute Gasteiger partial charge is 0.497 e. The number of carbonyl (C=O) groups excluding carboxylic acids is 1. The predicted molar refractivity (Wildman–Crippen MR) is 138 cm³/mol. The highest BCUT2D eigenvalue weighted by atomic mass is 31.2. The summed E-state index contributed by atoms with van der Waals surface area (Å²) in [4.78, 5) is 15.1. The molecule has 0 saturated carbocycles. The first-order valence-electron chi connectivity index (χ1n) is 11.7. The second-order valence-corrected chi connectivity index (χ2v) is 9.74. The van der Waals surface area contributed by atoms with E-state index in [1.54, 1.807) is 7.11 Å². The molecule has 2 aromatic carbocycles. The van der Waals surface area contributed by atoms with Crippen LogP contribution in [0.4, 0.5) is 0 Å². The Balaban J connectivity index is 1.98. The summed E-state index contributed by atoms with van der Waals surface area (Å²) in [6.45, 7) is 5.57. The smallest absolute Gasteiger partial charge is 0.323 e. The molecule has 0 aliphatic heterocycles. The third-order valence-corrected chi connectivity index (χ3v) is 7.23. The molecule has 184 valence electrons. The monoisotopic (exact) mass is 485 g/mol. The number of rotatable bonds is 13. The van der Waals surface area contributed by atoms with Gasteiger partial charge in [-0.25, -0.2) is 5.09 Å². The van der Waals surface area contributed by atoms with Crippen molar-refractivity contribution >= 4 is 25.3 Å². The molecule has 8 heteroatoms. The van der Waals surface area contributed by atoms with Gasteiger partial charge in [-0.2, -0.15) is 0 Å². The van der Waals surface area contributed by atoms with Gasteiger partial charge in [0.15, 0.2) is 0 Å². The summed E-state index contributed by atoms with van der Waals surface area (Å²) in [7, 11) is 4.48. The van der Waals surface area contributed by atoms with Crippen LogP contribution in [0.5, 0.6) is 5.75 Å². The van der Waals surface area contributed by atoms with E-state index in [0.717, 1.165) is 35.2 Å². The summed E-state index contributed by atoms with van der Waals surface area (Å²) in [5.41, 5.74) is 3.32. The van der Waals surface area contributed by atoms with Crippen molar-refractivity contribution in [1.82, 2.24) is 14.3 Å². The van der Waals surface area contributed by atoms with Crippen LogP contribution in [0.1, 0.15) is 25.0 Å². The van der Waals surface area contributed by atoms with Crippen molar-refractivity contribution in [2.75, 3.05) is 41.0 Å². The lowest BCUT2D eigenvalue weighted by molar-refractivity contribution is -0.145. The molecule has 0 aliphatic rings. The number of hydrogen-bond donors (Lipinski definition) is 1. The molecule has 3 rings (SSSR count). The van der Waals surface area contributed by atoms with Crippen molar-refractivity contribution in [3.05, 3.63) is 65.9 Å². The van der Waals surface area contributed by atoms with Gasteiger partial charge in [-0.15, -0.1) is 0 Å². The Bertz CT molecular complexity index is 1050. The number of nitrogens with one attached hydrogen (secondary N) is 1. The predicted octanol–water partition coefficient (Wildman–Crippen LogP) is 4.63. The summed E-state index contributed by atoms with van der Waals surface area (Å²) in [5, 5.41) is 4.62. The third-order valence-electron chi connectivity index (χ3n) is 5.47. The van der Waals surface area contributed by atoms with E-state index in [-0.39, 0.29) is 5.97 Å². The minimum Gasteiger partial charge on any atom is -0.497 e. The van der Waals surface area contributed by atoms with Gasteiger partial charge < -0.3 is 18.9 Å². The number of carbonyl (C=O) groups is 1.